The molecule has 1 aromatic heterocycles. The minimum atomic E-state index is -0.486. The van der Waals surface area contributed by atoms with Gasteiger partial charge in [-0.2, -0.15) is 0 Å². The molecule has 0 aliphatic heterocycles. The van der Waals surface area contributed by atoms with Crippen molar-refractivity contribution >= 4 is 28.9 Å². The number of methoxy groups -OCH3 is 1. The summed E-state index contributed by atoms with van der Waals surface area (Å²) in [6.45, 7) is 0. The summed E-state index contributed by atoms with van der Waals surface area (Å²) in [5.74, 6) is -1.22. The van der Waals surface area contributed by atoms with Gasteiger partial charge in [-0.3, -0.25) is 4.79 Å². The van der Waals surface area contributed by atoms with Crippen molar-refractivity contribution in [3.8, 4) is 0 Å². The Labute approximate surface area is 155 Å². The molecule has 0 saturated carbocycles. The van der Waals surface area contributed by atoms with E-state index in [9.17, 15) is 14.0 Å². The number of pyridine rings is 1. The van der Waals surface area contributed by atoms with Gasteiger partial charge in [-0.15, -0.1) is 0 Å². The number of nitrogens with one attached hydrogen (secondary N) is 2. The molecule has 0 aliphatic carbocycles. The van der Waals surface area contributed by atoms with Crippen molar-refractivity contribution in [2.45, 2.75) is 0 Å². The first kappa shape index (κ1) is 18.1. The summed E-state index contributed by atoms with van der Waals surface area (Å²) in [6.07, 6.45) is 1.50. The second kappa shape index (κ2) is 8.09. The van der Waals surface area contributed by atoms with E-state index < -0.39 is 11.9 Å². The molecule has 0 unspecified atom stereocenters. The van der Waals surface area contributed by atoms with Crippen LogP contribution in [0.25, 0.3) is 0 Å². The number of esters is 1. The van der Waals surface area contributed by atoms with Crippen molar-refractivity contribution in [1.82, 2.24) is 4.98 Å². The van der Waals surface area contributed by atoms with E-state index in [0.29, 0.717) is 22.6 Å². The lowest BCUT2D eigenvalue weighted by molar-refractivity contribution is 0.0600. The van der Waals surface area contributed by atoms with E-state index in [1.54, 1.807) is 42.5 Å². The van der Waals surface area contributed by atoms with Crippen LogP contribution in [0.15, 0.2) is 66.9 Å². The van der Waals surface area contributed by atoms with Gasteiger partial charge < -0.3 is 15.4 Å². The first-order chi connectivity index (χ1) is 13.0. The van der Waals surface area contributed by atoms with Crippen LogP contribution in [0.1, 0.15) is 20.8 Å². The molecule has 2 N–H and O–H groups in total. The first-order valence-corrected chi connectivity index (χ1v) is 8.03. The minimum Gasteiger partial charge on any atom is -0.465 e. The summed E-state index contributed by atoms with van der Waals surface area (Å²) in [7, 11) is 1.29. The first-order valence-electron chi connectivity index (χ1n) is 8.03. The Hall–Kier alpha value is -3.74. The van der Waals surface area contributed by atoms with E-state index in [2.05, 4.69) is 20.4 Å². The molecule has 0 aliphatic rings. The highest BCUT2D eigenvalue weighted by atomic mass is 19.1. The fourth-order valence-electron chi connectivity index (χ4n) is 2.34. The highest BCUT2D eigenvalue weighted by Crippen LogP contribution is 2.17. The fourth-order valence-corrected chi connectivity index (χ4v) is 2.34. The largest absolute Gasteiger partial charge is 0.465 e. The number of halogens is 1. The molecule has 27 heavy (non-hydrogen) atoms. The van der Waals surface area contributed by atoms with Crippen LogP contribution >= 0.6 is 0 Å². The van der Waals surface area contributed by atoms with E-state index in [0.717, 1.165) is 0 Å². The lowest BCUT2D eigenvalue weighted by Crippen LogP contribution is -2.14. The number of benzene rings is 2. The third kappa shape index (κ3) is 4.66. The number of ether oxygens (including phenoxy) is 1. The van der Waals surface area contributed by atoms with Crippen LogP contribution in [0.3, 0.4) is 0 Å². The van der Waals surface area contributed by atoms with Crippen LogP contribution in [-0.4, -0.2) is 24.0 Å². The fraction of sp³-hybridized carbons (Fsp3) is 0.0500. The Morgan fingerprint density at radius 1 is 0.963 bits per heavy atom. The van der Waals surface area contributed by atoms with E-state index in [4.69, 9.17) is 0 Å². The van der Waals surface area contributed by atoms with Crippen molar-refractivity contribution in [3.63, 3.8) is 0 Å². The third-order valence-corrected chi connectivity index (χ3v) is 3.67. The monoisotopic (exact) mass is 365 g/mol. The van der Waals surface area contributed by atoms with Gasteiger partial charge in [-0.1, -0.05) is 6.07 Å². The maximum Gasteiger partial charge on any atom is 0.337 e. The van der Waals surface area contributed by atoms with E-state index in [1.807, 2.05) is 0 Å². The van der Waals surface area contributed by atoms with Gasteiger partial charge in [0.25, 0.3) is 5.91 Å². The number of anilines is 3. The van der Waals surface area contributed by atoms with Gasteiger partial charge in [0.15, 0.2) is 0 Å². The normalized spacial score (nSPS) is 10.1. The molecule has 136 valence electrons. The molecule has 3 rings (SSSR count). The molecule has 0 saturated heterocycles. The number of amides is 1. The highest BCUT2D eigenvalue weighted by molar-refractivity contribution is 6.03. The quantitative estimate of drug-likeness (QED) is 0.668. The molecule has 6 nitrogen and oxygen atoms in total. The lowest BCUT2D eigenvalue weighted by atomic mass is 10.2. The Balaban J connectivity index is 1.67. The Morgan fingerprint density at radius 3 is 2.37 bits per heavy atom. The smallest absolute Gasteiger partial charge is 0.337 e. The van der Waals surface area contributed by atoms with Gasteiger partial charge in [0.1, 0.15) is 11.5 Å². The van der Waals surface area contributed by atoms with Crippen LogP contribution in [0, 0.1) is 5.82 Å². The highest BCUT2D eigenvalue weighted by Gasteiger charge is 2.10. The molecule has 1 heterocycles. The predicted octanol–water partition coefficient (Wildman–Crippen LogP) is 4.00. The number of hydrogen-bond donors (Lipinski definition) is 2. The Bertz CT molecular complexity index is 957. The molecule has 3 aromatic rings. The zero-order valence-electron chi connectivity index (χ0n) is 14.4. The van der Waals surface area contributed by atoms with Crippen molar-refractivity contribution in [2.75, 3.05) is 17.7 Å². The van der Waals surface area contributed by atoms with E-state index in [-0.39, 0.29) is 11.5 Å². The lowest BCUT2D eigenvalue weighted by Gasteiger charge is -2.08. The summed E-state index contributed by atoms with van der Waals surface area (Å²) in [5.41, 5.74) is 2.37. The second-order valence-corrected chi connectivity index (χ2v) is 5.59. The molecule has 0 bridgehead atoms. The van der Waals surface area contributed by atoms with Crippen molar-refractivity contribution < 1.29 is 18.7 Å². The van der Waals surface area contributed by atoms with Crippen molar-refractivity contribution in [1.29, 1.82) is 0 Å². The van der Waals surface area contributed by atoms with Gasteiger partial charge in [-0.25, -0.2) is 14.2 Å². The van der Waals surface area contributed by atoms with Crippen LogP contribution in [0.5, 0.6) is 0 Å². The Kier molecular flexibility index (Phi) is 5.41. The second-order valence-electron chi connectivity index (χ2n) is 5.59. The van der Waals surface area contributed by atoms with E-state index >= 15 is 0 Å². The zero-order valence-corrected chi connectivity index (χ0v) is 14.4. The summed E-state index contributed by atoms with van der Waals surface area (Å²) in [4.78, 5) is 28.0. The van der Waals surface area contributed by atoms with Crippen molar-refractivity contribution in [3.05, 3.63) is 83.9 Å². The van der Waals surface area contributed by atoms with Crippen LogP contribution in [0.2, 0.25) is 0 Å². The van der Waals surface area contributed by atoms with Gasteiger partial charge in [0, 0.05) is 11.4 Å². The molecule has 7 heteroatoms. The van der Waals surface area contributed by atoms with Crippen LogP contribution < -0.4 is 10.6 Å². The molecule has 2 aromatic carbocycles. The van der Waals surface area contributed by atoms with Gasteiger partial charge >= 0.3 is 5.97 Å². The molecular formula is C20H16FN3O3. The number of carbonyl (C=O) groups excluding carboxylic acids is 2. The number of rotatable bonds is 5. The zero-order chi connectivity index (χ0) is 19.2. The van der Waals surface area contributed by atoms with Gasteiger partial charge in [-0.05, 0) is 54.6 Å². The molecule has 0 radical (unpaired) electrons. The molecule has 0 fully saturated rings. The van der Waals surface area contributed by atoms with E-state index in [1.165, 1.54) is 31.5 Å². The number of aromatic nitrogens is 1. The average Bonchev–Trinajstić information content (AvgIpc) is 2.70. The minimum absolute atomic E-state index is 0.211. The van der Waals surface area contributed by atoms with Crippen molar-refractivity contribution in [2.24, 2.45) is 0 Å². The SMILES string of the molecule is COC(=O)c1cccc(NC(=O)c2ccc(Nc3ccc(F)cc3)cn2)c1. The molecular weight excluding hydrogens is 349 g/mol. The van der Waals surface area contributed by atoms with Crippen LogP contribution in [0.4, 0.5) is 21.5 Å². The molecule has 1 amide bonds. The maximum absolute atomic E-state index is 12.9. The Morgan fingerprint density at radius 2 is 1.70 bits per heavy atom. The van der Waals surface area contributed by atoms with Crippen LogP contribution in [-0.2, 0) is 4.74 Å². The summed E-state index contributed by atoms with van der Waals surface area (Å²) in [6, 6.07) is 15.6. The number of carbonyl (C=O) groups is 2. The standard InChI is InChI=1S/C20H16FN3O3/c1-27-20(26)13-3-2-4-16(11-13)24-19(25)18-10-9-17(12-22-18)23-15-7-5-14(21)6-8-15/h2-12,23H,1H3,(H,24,25). The maximum atomic E-state index is 12.9. The number of hydrogen-bond acceptors (Lipinski definition) is 5. The third-order valence-electron chi connectivity index (χ3n) is 3.67. The predicted molar refractivity (Wildman–Crippen MR) is 99.7 cm³/mol. The number of nitrogens with zero attached hydrogens (tertiary/aromatic N) is 1. The topological polar surface area (TPSA) is 80.3 Å². The van der Waals surface area contributed by atoms with Gasteiger partial charge in [0.05, 0.1) is 24.6 Å². The molecule has 0 spiro atoms. The van der Waals surface area contributed by atoms with Gasteiger partial charge in [0.2, 0.25) is 0 Å². The molecule has 0 atom stereocenters. The average molecular weight is 365 g/mol. The summed E-state index contributed by atoms with van der Waals surface area (Å²) < 4.78 is 17.6. The summed E-state index contributed by atoms with van der Waals surface area (Å²) in [5, 5.41) is 5.74. The summed E-state index contributed by atoms with van der Waals surface area (Å²) >= 11 is 0.